The molecule has 2 fully saturated rings. The van der Waals surface area contributed by atoms with Crippen molar-refractivity contribution < 1.29 is 4.79 Å². The van der Waals surface area contributed by atoms with Crippen molar-refractivity contribution in [2.75, 3.05) is 62.2 Å². The molecule has 0 aromatic heterocycles. The van der Waals surface area contributed by atoms with E-state index < -0.39 is 0 Å². The summed E-state index contributed by atoms with van der Waals surface area (Å²) in [6, 6.07) is 19.3. The van der Waals surface area contributed by atoms with Crippen LogP contribution in [0.2, 0.25) is 0 Å². The van der Waals surface area contributed by atoms with Gasteiger partial charge in [0, 0.05) is 63.7 Å². The van der Waals surface area contributed by atoms with Gasteiger partial charge in [-0.25, -0.2) is 4.79 Å². The number of hydrogen-bond donors (Lipinski definition) is 0. The van der Waals surface area contributed by atoms with Crippen molar-refractivity contribution in [2.24, 2.45) is 0 Å². The summed E-state index contributed by atoms with van der Waals surface area (Å²) < 4.78 is 0. The minimum absolute atomic E-state index is 0.201. The molecule has 0 atom stereocenters. The molecular formula is C22H28N4O. The second-order valence-corrected chi connectivity index (χ2v) is 7.41. The van der Waals surface area contributed by atoms with Crippen LogP contribution in [0.3, 0.4) is 0 Å². The Morgan fingerprint density at radius 3 is 1.74 bits per heavy atom. The van der Waals surface area contributed by atoms with Gasteiger partial charge in [-0.3, -0.25) is 0 Å². The highest BCUT2D eigenvalue weighted by molar-refractivity contribution is 5.75. The van der Waals surface area contributed by atoms with Gasteiger partial charge in [-0.2, -0.15) is 0 Å². The lowest BCUT2D eigenvalue weighted by Crippen LogP contribution is -2.57. The van der Waals surface area contributed by atoms with Crippen LogP contribution in [-0.4, -0.2) is 68.2 Å². The van der Waals surface area contributed by atoms with Gasteiger partial charge >= 0.3 is 6.03 Å². The Morgan fingerprint density at radius 2 is 1.19 bits per heavy atom. The molecule has 2 aliphatic heterocycles. The monoisotopic (exact) mass is 364 g/mol. The van der Waals surface area contributed by atoms with E-state index in [2.05, 4.69) is 65.3 Å². The van der Waals surface area contributed by atoms with E-state index in [0.29, 0.717) is 0 Å². The Kier molecular flexibility index (Phi) is 5.19. The van der Waals surface area contributed by atoms with Crippen LogP contribution in [0.1, 0.15) is 5.56 Å². The Morgan fingerprint density at radius 1 is 0.667 bits per heavy atom. The molecule has 0 bridgehead atoms. The minimum Gasteiger partial charge on any atom is -0.368 e. The van der Waals surface area contributed by atoms with Crippen LogP contribution >= 0.6 is 0 Å². The van der Waals surface area contributed by atoms with Crippen molar-refractivity contribution in [3.8, 4) is 0 Å². The molecule has 2 amide bonds. The molecule has 27 heavy (non-hydrogen) atoms. The van der Waals surface area contributed by atoms with E-state index in [9.17, 15) is 4.79 Å². The Bertz CT molecular complexity index is 763. The zero-order chi connectivity index (χ0) is 18.6. The van der Waals surface area contributed by atoms with E-state index in [0.717, 1.165) is 52.4 Å². The van der Waals surface area contributed by atoms with Crippen LogP contribution in [0.15, 0.2) is 54.6 Å². The molecule has 2 aromatic rings. The van der Waals surface area contributed by atoms with Gasteiger partial charge in [-0.1, -0.05) is 30.3 Å². The predicted molar refractivity (Wildman–Crippen MR) is 111 cm³/mol. The molecular weight excluding hydrogens is 336 g/mol. The summed E-state index contributed by atoms with van der Waals surface area (Å²) in [6.45, 7) is 8.92. The molecule has 2 heterocycles. The SMILES string of the molecule is Cc1cccc(N2CCN(C(=O)N3CCN(c4ccccc4)CC3)CC2)c1. The van der Waals surface area contributed by atoms with Crippen LogP contribution in [0.25, 0.3) is 0 Å². The van der Waals surface area contributed by atoms with Crippen LogP contribution in [-0.2, 0) is 0 Å². The highest BCUT2D eigenvalue weighted by Crippen LogP contribution is 2.20. The highest BCUT2D eigenvalue weighted by Gasteiger charge is 2.28. The van der Waals surface area contributed by atoms with Crippen LogP contribution in [0, 0.1) is 6.92 Å². The van der Waals surface area contributed by atoms with Gasteiger partial charge in [-0.15, -0.1) is 0 Å². The van der Waals surface area contributed by atoms with Crippen molar-refractivity contribution in [1.29, 1.82) is 0 Å². The lowest BCUT2D eigenvalue weighted by molar-refractivity contribution is 0.147. The Balaban J connectivity index is 1.29. The zero-order valence-corrected chi connectivity index (χ0v) is 16.1. The van der Waals surface area contributed by atoms with Gasteiger partial charge < -0.3 is 19.6 Å². The van der Waals surface area contributed by atoms with E-state index in [1.165, 1.54) is 16.9 Å². The number of aryl methyl sites for hydroxylation is 1. The number of urea groups is 1. The molecule has 142 valence electrons. The number of para-hydroxylation sites is 1. The third-order valence-electron chi connectivity index (χ3n) is 5.59. The van der Waals surface area contributed by atoms with Gasteiger partial charge in [0.15, 0.2) is 0 Å². The zero-order valence-electron chi connectivity index (χ0n) is 16.1. The summed E-state index contributed by atoms with van der Waals surface area (Å²) >= 11 is 0. The molecule has 4 rings (SSSR count). The first-order valence-electron chi connectivity index (χ1n) is 9.86. The largest absolute Gasteiger partial charge is 0.368 e. The van der Waals surface area contributed by atoms with Crippen LogP contribution in [0.4, 0.5) is 16.2 Å². The number of rotatable bonds is 2. The lowest BCUT2D eigenvalue weighted by atomic mass is 10.2. The molecule has 0 unspecified atom stereocenters. The maximum Gasteiger partial charge on any atom is 0.320 e. The molecule has 0 saturated carbocycles. The number of hydrogen-bond acceptors (Lipinski definition) is 3. The first-order valence-corrected chi connectivity index (χ1v) is 9.86. The van der Waals surface area contributed by atoms with Crippen molar-refractivity contribution in [2.45, 2.75) is 6.92 Å². The number of carbonyl (C=O) groups excluding carboxylic acids is 1. The lowest BCUT2D eigenvalue weighted by Gasteiger charge is -2.41. The highest BCUT2D eigenvalue weighted by atomic mass is 16.2. The Hall–Kier alpha value is -2.69. The molecule has 0 spiro atoms. The fraction of sp³-hybridized carbons (Fsp3) is 0.409. The fourth-order valence-corrected chi connectivity index (χ4v) is 3.98. The second kappa shape index (κ2) is 7.91. The van der Waals surface area contributed by atoms with E-state index >= 15 is 0 Å². The quantitative estimate of drug-likeness (QED) is 0.820. The number of amides is 2. The summed E-state index contributed by atoms with van der Waals surface area (Å²) in [7, 11) is 0. The molecule has 0 aliphatic carbocycles. The van der Waals surface area contributed by atoms with Crippen molar-refractivity contribution >= 4 is 17.4 Å². The van der Waals surface area contributed by atoms with Crippen LogP contribution < -0.4 is 9.80 Å². The van der Waals surface area contributed by atoms with E-state index in [1.54, 1.807) is 0 Å². The third kappa shape index (κ3) is 4.02. The number of carbonyl (C=O) groups is 1. The average Bonchev–Trinajstić information content (AvgIpc) is 2.74. The van der Waals surface area contributed by atoms with Gasteiger partial charge in [0.1, 0.15) is 0 Å². The molecule has 2 saturated heterocycles. The second-order valence-electron chi connectivity index (χ2n) is 7.41. The molecule has 2 aromatic carbocycles. The maximum absolute atomic E-state index is 12.9. The predicted octanol–water partition coefficient (Wildman–Crippen LogP) is 3.06. The Labute approximate surface area is 161 Å². The van der Waals surface area contributed by atoms with Gasteiger partial charge in [-0.05, 0) is 36.8 Å². The number of nitrogens with zero attached hydrogens (tertiary/aromatic N) is 4. The van der Waals surface area contributed by atoms with Gasteiger partial charge in [0.05, 0.1) is 0 Å². The van der Waals surface area contributed by atoms with E-state index in [1.807, 2.05) is 15.9 Å². The molecule has 0 radical (unpaired) electrons. The van der Waals surface area contributed by atoms with Crippen molar-refractivity contribution in [3.63, 3.8) is 0 Å². The van der Waals surface area contributed by atoms with Crippen molar-refractivity contribution in [1.82, 2.24) is 9.80 Å². The molecule has 5 heteroatoms. The van der Waals surface area contributed by atoms with Crippen LogP contribution in [0.5, 0.6) is 0 Å². The summed E-state index contributed by atoms with van der Waals surface area (Å²) in [4.78, 5) is 21.7. The molecule has 5 nitrogen and oxygen atoms in total. The smallest absolute Gasteiger partial charge is 0.320 e. The minimum atomic E-state index is 0.201. The summed E-state index contributed by atoms with van der Waals surface area (Å²) in [6.07, 6.45) is 0. The first kappa shape index (κ1) is 17.7. The summed E-state index contributed by atoms with van der Waals surface area (Å²) in [5.41, 5.74) is 3.79. The first-order chi connectivity index (χ1) is 13.2. The number of benzene rings is 2. The van der Waals surface area contributed by atoms with E-state index in [4.69, 9.17) is 0 Å². The number of anilines is 2. The normalized spacial score (nSPS) is 18.0. The fourth-order valence-electron chi connectivity index (χ4n) is 3.98. The summed E-state index contributed by atoms with van der Waals surface area (Å²) in [5, 5.41) is 0. The summed E-state index contributed by atoms with van der Waals surface area (Å²) in [5.74, 6) is 0. The maximum atomic E-state index is 12.9. The van der Waals surface area contributed by atoms with Gasteiger partial charge in [0.2, 0.25) is 0 Å². The average molecular weight is 364 g/mol. The van der Waals surface area contributed by atoms with Crippen molar-refractivity contribution in [3.05, 3.63) is 60.2 Å². The number of piperazine rings is 2. The molecule has 0 N–H and O–H groups in total. The van der Waals surface area contributed by atoms with Gasteiger partial charge in [0.25, 0.3) is 0 Å². The van der Waals surface area contributed by atoms with E-state index in [-0.39, 0.29) is 6.03 Å². The molecule has 2 aliphatic rings. The third-order valence-corrected chi connectivity index (χ3v) is 5.59. The topological polar surface area (TPSA) is 30.0 Å². The standard InChI is InChI=1S/C22H28N4O/c1-19-6-5-9-21(18-19)24-12-16-26(17-13-24)22(27)25-14-10-23(11-15-25)20-7-3-2-4-8-20/h2-9,18H,10-17H2,1H3.